The summed E-state index contributed by atoms with van der Waals surface area (Å²) in [5.74, 6) is 0.493. The third kappa shape index (κ3) is 2.07. The van der Waals surface area contributed by atoms with Crippen LogP contribution in [0.5, 0.6) is 0 Å². The zero-order chi connectivity index (χ0) is 15.1. The lowest BCUT2D eigenvalue weighted by Gasteiger charge is -2.22. The van der Waals surface area contributed by atoms with Crippen molar-refractivity contribution in [1.82, 2.24) is 24.2 Å². The van der Waals surface area contributed by atoms with Gasteiger partial charge in [0.05, 0.1) is 5.69 Å². The third-order valence-corrected chi connectivity index (χ3v) is 4.23. The zero-order valence-electron chi connectivity index (χ0n) is 12.8. The fraction of sp³-hybridized carbons (Fsp3) is 0.643. The zero-order valence-corrected chi connectivity index (χ0v) is 12.8. The van der Waals surface area contributed by atoms with Crippen LogP contribution in [0.1, 0.15) is 38.4 Å². The van der Waals surface area contributed by atoms with Gasteiger partial charge in [0, 0.05) is 19.6 Å². The molecule has 7 heteroatoms. The average molecular weight is 290 g/mol. The van der Waals surface area contributed by atoms with Gasteiger partial charge < -0.3 is 10.6 Å². The Labute approximate surface area is 123 Å². The van der Waals surface area contributed by atoms with Crippen molar-refractivity contribution in [3.63, 3.8) is 0 Å². The molecule has 0 radical (unpaired) electrons. The molecule has 2 aromatic heterocycles. The number of carbonyl (C=O) groups is 1. The van der Waals surface area contributed by atoms with E-state index in [0.717, 1.165) is 49.3 Å². The lowest BCUT2D eigenvalue weighted by Crippen LogP contribution is -2.34. The lowest BCUT2D eigenvalue weighted by atomic mass is 10.3. The Bertz CT molecular complexity index is 679. The Morgan fingerprint density at radius 3 is 2.67 bits per heavy atom. The van der Waals surface area contributed by atoms with Gasteiger partial charge >= 0.3 is 0 Å². The van der Waals surface area contributed by atoms with Gasteiger partial charge in [0.15, 0.2) is 5.65 Å². The van der Waals surface area contributed by atoms with Crippen molar-refractivity contribution in [2.45, 2.75) is 46.2 Å². The normalized spacial score (nSPS) is 16.8. The molecule has 1 amide bonds. The van der Waals surface area contributed by atoms with E-state index in [9.17, 15) is 4.79 Å². The standard InChI is InChI=1S/C14H22N6O/c1-4-19-12-11(9(2)17-19)16-14(15)20(12)10(3)13(21)18-7-5-6-8-18/h10H,4-8H2,1-3H3,(H2,15,16). The summed E-state index contributed by atoms with van der Waals surface area (Å²) in [6.45, 7) is 8.23. The van der Waals surface area contributed by atoms with Crippen LogP contribution >= 0.6 is 0 Å². The van der Waals surface area contributed by atoms with Crippen molar-refractivity contribution < 1.29 is 4.79 Å². The number of carbonyl (C=O) groups excluding carboxylic acids is 1. The second-order valence-electron chi connectivity index (χ2n) is 5.62. The van der Waals surface area contributed by atoms with Gasteiger partial charge in [0.2, 0.25) is 11.9 Å². The van der Waals surface area contributed by atoms with Gasteiger partial charge in [-0.15, -0.1) is 0 Å². The summed E-state index contributed by atoms with van der Waals surface area (Å²) in [6, 6.07) is -0.352. The van der Waals surface area contributed by atoms with Gasteiger partial charge in [-0.2, -0.15) is 5.10 Å². The van der Waals surface area contributed by atoms with E-state index in [-0.39, 0.29) is 11.9 Å². The van der Waals surface area contributed by atoms with Gasteiger partial charge in [-0.3, -0.25) is 9.36 Å². The van der Waals surface area contributed by atoms with Crippen molar-refractivity contribution in [3.05, 3.63) is 5.69 Å². The van der Waals surface area contributed by atoms with Crippen LogP contribution in [0, 0.1) is 6.92 Å². The Balaban J connectivity index is 2.06. The number of imidazole rings is 1. The maximum Gasteiger partial charge on any atom is 0.245 e. The fourth-order valence-electron chi connectivity index (χ4n) is 3.12. The minimum Gasteiger partial charge on any atom is -0.369 e. The van der Waals surface area contributed by atoms with E-state index in [1.54, 1.807) is 0 Å². The quantitative estimate of drug-likeness (QED) is 0.924. The predicted molar refractivity (Wildman–Crippen MR) is 80.9 cm³/mol. The number of aryl methyl sites for hydroxylation is 2. The van der Waals surface area contributed by atoms with Crippen LogP contribution in [-0.4, -0.2) is 43.2 Å². The maximum atomic E-state index is 12.6. The largest absolute Gasteiger partial charge is 0.369 e. The van der Waals surface area contributed by atoms with Crippen LogP contribution in [0.4, 0.5) is 5.95 Å². The van der Waals surface area contributed by atoms with E-state index in [1.807, 2.05) is 34.9 Å². The first-order chi connectivity index (χ1) is 10.0. The molecule has 0 aliphatic carbocycles. The highest BCUT2D eigenvalue weighted by molar-refractivity contribution is 5.85. The molecule has 1 atom stereocenters. The van der Waals surface area contributed by atoms with Crippen LogP contribution in [0.15, 0.2) is 0 Å². The maximum absolute atomic E-state index is 12.6. The van der Waals surface area contributed by atoms with Gasteiger partial charge in [-0.05, 0) is 33.6 Å². The molecule has 0 spiro atoms. The average Bonchev–Trinajstić information content (AvgIpc) is 3.15. The van der Waals surface area contributed by atoms with Gasteiger partial charge in [0.1, 0.15) is 11.6 Å². The van der Waals surface area contributed by atoms with E-state index in [2.05, 4.69) is 10.1 Å². The van der Waals surface area contributed by atoms with E-state index >= 15 is 0 Å². The Morgan fingerprint density at radius 1 is 1.38 bits per heavy atom. The highest BCUT2D eigenvalue weighted by Crippen LogP contribution is 2.27. The summed E-state index contributed by atoms with van der Waals surface area (Å²) in [4.78, 5) is 18.9. The minimum atomic E-state index is -0.352. The SMILES string of the molecule is CCn1nc(C)c2nc(N)n(C(C)C(=O)N3CCCC3)c21. The topological polar surface area (TPSA) is 82.0 Å². The Morgan fingerprint density at radius 2 is 2.05 bits per heavy atom. The van der Waals surface area contributed by atoms with Crippen LogP contribution in [0.2, 0.25) is 0 Å². The fourth-order valence-corrected chi connectivity index (χ4v) is 3.12. The monoisotopic (exact) mass is 290 g/mol. The van der Waals surface area contributed by atoms with Crippen LogP contribution < -0.4 is 5.73 Å². The number of nitrogens with zero attached hydrogens (tertiary/aromatic N) is 5. The molecule has 1 aliphatic heterocycles. The predicted octanol–water partition coefficient (Wildman–Crippen LogP) is 1.33. The van der Waals surface area contributed by atoms with E-state index in [0.29, 0.717) is 5.95 Å². The van der Waals surface area contributed by atoms with E-state index in [4.69, 9.17) is 5.73 Å². The summed E-state index contributed by atoms with van der Waals surface area (Å²) in [5, 5.41) is 4.46. The smallest absolute Gasteiger partial charge is 0.245 e. The molecule has 2 aromatic rings. The van der Waals surface area contributed by atoms with E-state index < -0.39 is 0 Å². The Hall–Kier alpha value is -2.05. The highest BCUT2D eigenvalue weighted by atomic mass is 16.2. The molecule has 3 heterocycles. The number of fused-ring (bicyclic) bond motifs is 1. The van der Waals surface area contributed by atoms with Crippen molar-refractivity contribution in [2.75, 3.05) is 18.8 Å². The van der Waals surface area contributed by atoms with Crippen molar-refractivity contribution in [1.29, 1.82) is 0 Å². The number of hydrogen-bond donors (Lipinski definition) is 1. The molecule has 1 unspecified atom stereocenters. The molecule has 0 saturated carbocycles. The second kappa shape index (κ2) is 5.05. The molecule has 0 aromatic carbocycles. The van der Waals surface area contributed by atoms with Crippen molar-refractivity contribution in [2.24, 2.45) is 0 Å². The Kier molecular flexibility index (Phi) is 3.35. The minimum absolute atomic E-state index is 0.111. The molecular weight excluding hydrogens is 268 g/mol. The third-order valence-electron chi connectivity index (χ3n) is 4.23. The number of nitrogens with two attached hydrogens (primary N) is 1. The molecule has 114 valence electrons. The number of anilines is 1. The van der Waals surface area contributed by atoms with Crippen LogP contribution in [0.3, 0.4) is 0 Å². The van der Waals surface area contributed by atoms with Crippen LogP contribution in [0.25, 0.3) is 11.2 Å². The summed E-state index contributed by atoms with van der Waals surface area (Å²) >= 11 is 0. The molecule has 7 nitrogen and oxygen atoms in total. The summed E-state index contributed by atoms with van der Waals surface area (Å²) in [6.07, 6.45) is 2.17. The first kappa shape index (κ1) is 13.9. The number of hydrogen-bond acceptors (Lipinski definition) is 4. The van der Waals surface area contributed by atoms with E-state index in [1.165, 1.54) is 0 Å². The molecule has 2 N–H and O–H groups in total. The number of likely N-dealkylation sites (tertiary alicyclic amines) is 1. The number of nitrogen functional groups attached to an aromatic ring is 1. The van der Waals surface area contributed by atoms with Gasteiger partial charge in [0.25, 0.3) is 0 Å². The van der Waals surface area contributed by atoms with Gasteiger partial charge in [-0.25, -0.2) is 9.67 Å². The number of rotatable bonds is 3. The van der Waals surface area contributed by atoms with Crippen LogP contribution in [-0.2, 0) is 11.3 Å². The summed E-state index contributed by atoms with van der Waals surface area (Å²) in [7, 11) is 0. The summed E-state index contributed by atoms with van der Waals surface area (Å²) in [5.41, 5.74) is 8.54. The molecule has 3 rings (SSSR count). The lowest BCUT2D eigenvalue weighted by molar-refractivity contribution is -0.133. The van der Waals surface area contributed by atoms with Crippen molar-refractivity contribution in [3.8, 4) is 0 Å². The first-order valence-electron chi connectivity index (χ1n) is 7.54. The summed E-state index contributed by atoms with van der Waals surface area (Å²) < 4.78 is 3.68. The molecule has 21 heavy (non-hydrogen) atoms. The first-order valence-corrected chi connectivity index (χ1v) is 7.54. The highest BCUT2D eigenvalue weighted by Gasteiger charge is 2.28. The molecule has 1 aliphatic rings. The van der Waals surface area contributed by atoms with Crippen molar-refractivity contribution >= 4 is 23.0 Å². The second-order valence-corrected chi connectivity index (χ2v) is 5.62. The molecule has 1 fully saturated rings. The molecule has 1 saturated heterocycles. The number of amides is 1. The molecule has 0 bridgehead atoms. The van der Waals surface area contributed by atoms with Gasteiger partial charge in [-0.1, -0.05) is 0 Å². The molecular formula is C14H22N6O. The number of aromatic nitrogens is 4.